The van der Waals surface area contributed by atoms with Gasteiger partial charge in [0.2, 0.25) is 0 Å². The number of aromatic amines is 1. The third-order valence-corrected chi connectivity index (χ3v) is 4.49. The van der Waals surface area contributed by atoms with Crippen molar-refractivity contribution in [2.75, 3.05) is 31.2 Å². The Kier molecular flexibility index (Phi) is 4.60. The molecule has 9 heteroatoms. The minimum absolute atomic E-state index is 0.0267. The topological polar surface area (TPSA) is 135 Å². The summed E-state index contributed by atoms with van der Waals surface area (Å²) in [6, 6.07) is 2.28. The molecule has 25 heavy (non-hydrogen) atoms. The average molecular weight is 348 g/mol. The quantitative estimate of drug-likeness (QED) is 0.545. The normalized spacial score (nSPS) is 16.2. The Morgan fingerprint density at radius 1 is 1.48 bits per heavy atom. The number of rotatable bonds is 5. The molecule has 1 aliphatic rings. The van der Waals surface area contributed by atoms with E-state index in [1.54, 1.807) is 6.92 Å². The van der Waals surface area contributed by atoms with Crippen LogP contribution in [0.1, 0.15) is 11.3 Å². The van der Waals surface area contributed by atoms with E-state index in [-0.39, 0.29) is 12.1 Å². The summed E-state index contributed by atoms with van der Waals surface area (Å²) in [5, 5.41) is 21.1. The van der Waals surface area contributed by atoms with E-state index in [4.69, 9.17) is 15.6 Å². The summed E-state index contributed by atoms with van der Waals surface area (Å²) in [4.78, 5) is 27.4. The highest BCUT2D eigenvalue weighted by Gasteiger charge is 2.25. The van der Waals surface area contributed by atoms with Gasteiger partial charge in [-0.15, -0.1) is 0 Å². The van der Waals surface area contributed by atoms with E-state index in [0.29, 0.717) is 48.5 Å². The number of carbonyl (C=O) groups is 1. The lowest BCUT2D eigenvalue weighted by Gasteiger charge is -2.28. The summed E-state index contributed by atoms with van der Waals surface area (Å²) in [5.41, 5.74) is 8.21. The number of carboxylic acid groups (broad SMARTS) is 1. The minimum atomic E-state index is -1.14. The smallest absolute Gasteiger partial charge is 0.320 e. The number of anilines is 1. The first-order valence-corrected chi connectivity index (χ1v) is 7.99. The molecule has 0 radical (unpaired) electrons. The molecule has 1 saturated heterocycles. The number of hydrogen-bond acceptors (Lipinski definition) is 6. The van der Waals surface area contributed by atoms with Crippen molar-refractivity contribution >= 4 is 28.2 Å². The Labute approximate surface area is 143 Å². The van der Waals surface area contributed by atoms with Crippen LogP contribution in [-0.2, 0) is 16.0 Å². The maximum Gasteiger partial charge on any atom is 0.320 e. The second-order valence-electron chi connectivity index (χ2n) is 6.12. The number of nitrogens with zero attached hydrogens (tertiary/aromatic N) is 2. The van der Waals surface area contributed by atoms with Crippen molar-refractivity contribution in [3.05, 3.63) is 33.5 Å². The molecule has 0 spiro atoms. The third-order valence-electron chi connectivity index (χ3n) is 4.49. The summed E-state index contributed by atoms with van der Waals surface area (Å²) in [5.74, 6) is -1.14. The van der Waals surface area contributed by atoms with Crippen LogP contribution in [0.5, 0.6) is 0 Å². The van der Waals surface area contributed by atoms with Gasteiger partial charge in [0.05, 0.1) is 29.0 Å². The predicted molar refractivity (Wildman–Crippen MR) is 92.0 cm³/mol. The van der Waals surface area contributed by atoms with Crippen LogP contribution in [0.15, 0.2) is 12.1 Å². The summed E-state index contributed by atoms with van der Waals surface area (Å²) >= 11 is 0. The van der Waals surface area contributed by atoms with Crippen LogP contribution in [-0.4, -0.2) is 53.3 Å². The maximum absolute atomic E-state index is 11.6. The van der Waals surface area contributed by atoms with Gasteiger partial charge in [0, 0.05) is 37.0 Å². The van der Waals surface area contributed by atoms with Gasteiger partial charge in [0.1, 0.15) is 6.04 Å². The first-order valence-electron chi connectivity index (χ1n) is 7.99. The van der Waals surface area contributed by atoms with Crippen LogP contribution in [0.4, 0.5) is 11.4 Å². The van der Waals surface area contributed by atoms with E-state index in [9.17, 15) is 14.9 Å². The van der Waals surface area contributed by atoms with E-state index in [1.807, 2.05) is 11.0 Å². The molecule has 1 aromatic carbocycles. The number of aryl methyl sites for hydroxylation is 1. The second kappa shape index (κ2) is 6.69. The largest absolute Gasteiger partial charge is 0.480 e. The summed E-state index contributed by atoms with van der Waals surface area (Å²) in [6.45, 7) is 4.25. The van der Waals surface area contributed by atoms with Gasteiger partial charge in [-0.3, -0.25) is 14.9 Å². The van der Waals surface area contributed by atoms with Gasteiger partial charge in [-0.2, -0.15) is 0 Å². The number of nitro benzene ring substituents is 1. The van der Waals surface area contributed by atoms with Crippen molar-refractivity contribution in [3.63, 3.8) is 0 Å². The Hall–Kier alpha value is -2.65. The number of carboxylic acids is 1. The average Bonchev–Trinajstić information content (AvgIpc) is 2.90. The van der Waals surface area contributed by atoms with E-state index >= 15 is 0 Å². The number of nitro groups is 1. The van der Waals surface area contributed by atoms with Crippen LogP contribution in [0.25, 0.3) is 10.9 Å². The molecule has 1 aliphatic heterocycles. The standard InChI is InChI=1S/C16H20N4O5/c1-9-11(8-12(17)16(21)22)15-13(18-9)6-10(7-14(15)20(23)24)19-2-4-25-5-3-19/h6-7,12,18H,2-5,8,17H2,1H3,(H,21,22). The van der Waals surface area contributed by atoms with Crippen LogP contribution < -0.4 is 10.6 Å². The van der Waals surface area contributed by atoms with E-state index in [0.717, 1.165) is 5.69 Å². The van der Waals surface area contributed by atoms with E-state index in [1.165, 1.54) is 6.07 Å². The molecule has 2 aromatic rings. The Bertz CT molecular complexity index is 826. The minimum Gasteiger partial charge on any atom is -0.480 e. The Morgan fingerprint density at radius 2 is 2.16 bits per heavy atom. The fraction of sp³-hybridized carbons (Fsp3) is 0.438. The van der Waals surface area contributed by atoms with E-state index in [2.05, 4.69) is 4.98 Å². The molecular formula is C16H20N4O5. The number of ether oxygens (including phenoxy) is 1. The second-order valence-corrected chi connectivity index (χ2v) is 6.12. The molecule has 1 fully saturated rings. The number of hydrogen-bond donors (Lipinski definition) is 3. The van der Waals surface area contributed by atoms with Crippen molar-refractivity contribution in [2.24, 2.45) is 5.73 Å². The molecule has 134 valence electrons. The zero-order valence-corrected chi connectivity index (χ0v) is 13.8. The molecular weight excluding hydrogens is 328 g/mol. The predicted octanol–water partition coefficient (Wildman–Crippen LogP) is 1.18. The molecule has 9 nitrogen and oxygen atoms in total. The van der Waals surface area contributed by atoms with Gasteiger partial charge in [0.15, 0.2) is 0 Å². The van der Waals surface area contributed by atoms with Crippen molar-refractivity contribution in [1.82, 2.24) is 4.98 Å². The number of nitrogens with two attached hydrogens (primary N) is 1. The molecule has 1 unspecified atom stereocenters. The highest BCUT2D eigenvalue weighted by molar-refractivity contribution is 5.96. The van der Waals surface area contributed by atoms with Crippen LogP contribution in [0, 0.1) is 17.0 Å². The first-order chi connectivity index (χ1) is 11.9. The summed E-state index contributed by atoms with van der Waals surface area (Å²) < 4.78 is 5.32. The number of H-pyrrole nitrogens is 1. The number of aromatic nitrogens is 1. The lowest BCUT2D eigenvalue weighted by atomic mass is 10.0. The fourth-order valence-electron chi connectivity index (χ4n) is 3.20. The maximum atomic E-state index is 11.6. The van der Waals surface area contributed by atoms with Crippen molar-refractivity contribution < 1.29 is 19.6 Å². The van der Waals surface area contributed by atoms with E-state index < -0.39 is 16.9 Å². The van der Waals surface area contributed by atoms with Gasteiger partial charge in [-0.25, -0.2) is 0 Å². The summed E-state index contributed by atoms with van der Waals surface area (Å²) in [6.07, 6.45) is 0.0267. The molecule has 2 heterocycles. The molecule has 0 saturated carbocycles. The molecule has 0 bridgehead atoms. The SMILES string of the molecule is Cc1[nH]c2cc(N3CCOCC3)cc([N+](=O)[O-])c2c1CC(N)C(=O)O. The number of nitrogens with one attached hydrogen (secondary N) is 1. The highest BCUT2D eigenvalue weighted by Crippen LogP contribution is 2.36. The van der Waals surface area contributed by atoms with Gasteiger partial charge in [-0.05, 0) is 18.6 Å². The van der Waals surface area contributed by atoms with Crippen LogP contribution in [0.2, 0.25) is 0 Å². The van der Waals surface area contributed by atoms with Crippen LogP contribution in [0.3, 0.4) is 0 Å². The number of non-ortho nitro benzene ring substituents is 1. The Morgan fingerprint density at radius 3 is 2.76 bits per heavy atom. The fourth-order valence-corrected chi connectivity index (χ4v) is 3.20. The highest BCUT2D eigenvalue weighted by atomic mass is 16.6. The monoisotopic (exact) mass is 348 g/mol. The van der Waals surface area contributed by atoms with Gasteiger partial charge >= 0.3 is 5.97 Å². The molecule has 1 aromatic heterocycles. The third kappa shape index (κ3) is 3.28. The molecule has 3 rings (SSSR count). The van der Waals surface area contributed by atoms with Crippen molar-refractivity contribution in [3.8, 4) is 0 Å². The molecule has 1 atom stereocenters. The lowest BCUT2D eigenvalue weighted by molar-refractivity contribution is -0.383. The molecule has 4 N–H and O–H groups in total. The first kappa shape index (κ1) is 17.2. The zero-order chi connectivity index (χ0) is 18.1. The van der Waals surface area contributed by atoms with Crippen molar-refractivity contribution in [2.45, 2.75) is 19.4 Å². The van der Waals surface area contributed by atoms with Gasteiger partial charge in [-0.1, -0.05) is 0 Å². The number of aliphatic carboxylic acids is 1. The molecule has 0 aliphatic carbocycles. The number of benzene rings is 1. The molecule has 0 amide bonds. The number of morpholine rings is 1. The zero-order valence-electron chi connectivity index (χ0n) is 13.8. The van der Waals surface area contributed by atoms with Crippen molar-refractivity contribution in [1.29, 1.82) is 0 Å². The number of fused-ring (bicyclic) bond motifs is 1. The van der Waals surface area contributed by atoms with Crippen LogP contribution >= 0.6 is 0 Å². The van der Waals surface area contributed by atoms with Gasteiger partial charge in [0.25, 0.3) is 5.69 Å². The summed E-state index contributed by atoms with van der Waals surface area (Å²) in [7, 11) is 0. The lowest BCUT2D eigenvalue weighted by Crippen LogP contribution is -2.36. The Balaban J connectivity index is 2.12. The van der Waals surface area contributed by atoms with Gasteiger partial charge < -0.3 is 25.5 Å².